The SMILES string of the molecule is Brc1ccc([C@@H](c2cccs2)N2CCNCC2)cc1Br. The van der Waals surface area contributed by atoms with Crippen LogP contribution in [0.3, 0.4) is 0 Å². The Labute approximate surface area is 140 Å². The molecule has 2 heterocycles. The van der Waals surface area contributed by atoms with Crippen LogP contribution in [0.1, 0.15) is 16.5 Å². The van der Waals surface area contributed by atoms with Gasteiger partial charge in [0.1, 0.15) is 0 Å². The molecule has 20 heavy (non-hydrogen) atoms. The zero-order chi connectivity index (χ0) is 13.9. The van der Waals surface area contributed by atoms with Crippen molar-refractivity contribution in [3.05, 3.63) is 55.1 Å². The van der Waals surface area contributed by atoms with Gasteiger partial charge >= 0.3 is 0 Å². The first-order valence-electron chi connectivity index (χ1n) is 6.69. The zero-order valence-electron chi connectivity index (χ0n) is 11.0. The van der Waals surface area contributed by atoms with Gasteiger partial charge in [-0.25, -0.2) is 0 Å². The first kappa shape index (κ1) is 14.7. The van der Waals surface area contributed by atoms with Crippen molar-refractivity contribution in [3.8, 4) is 0 Å². The number of rotatable bonds is 3. The van der Waals surface area contributed by atoms with E-state index < -0.39 is 0 Å². The molecule has 0 bridgehead atoms. The molecular weight excluding hydrogens is 400 g/mol. The molecule has 5 heteroatoms. The van der Waals surface area contributed by atoms with Gasteiger partial charge < -0.3 is 5.32 Å². The molecular formula is C15H16Br2N2S. The van der Waals surface area contributed by atoms with Gasteiger partial charge in [0.15, 0.2) is 0 Å². The van der Waals surface area contributed by atoms with Crippen LogP contribution in [0.5, 0.6) is 0 Å². The lowest BCUT2D eigenvalue weighted by Crippen LogP contribution is -2.45. The lowest BCUT2D eigenvalue weighted by molar-refractivity contribution is 0.200. The average Bonchev–Trinajstić information content (AvgIpc) is 2.98. The largest absolute Gasteiger partial charge is 0.314 e. The number of hydrogen-bond donors (Lipinski definition) is 1. The number of thiophene rings is 1. The van der Waals surface area contributed by atoms with E-state index in [2.05, 4.69) is 77.8 Å². The molecule has 3 rings (SSSR count). The molecule has 2 nitrogen and oxygen atoms in total. The van der Waals surface area contributed by atoms with E-state index in [0.717, 1.165) is 35.1 Å². The summed E-state index contributed by atoms with van der Waals surface area (Å²) in [4.78, 5) is 3.99. The molecule has 0 amide bonds. The number of benzene rings is 1. The average molecular weight is 416 g/mol. The van der Waals surface area contributed by atoms with Crippen LogP contribution in [0.2, 0.25) is 0 Å². The fraction of sp³-hybridized carbons (Fsp3) is 0.333. The van der Waals surface area contributed by atoms with Crippen molar-refractivity contribution >= 4 is 43.2 Å². The third-order valence-corrected chi connectivity index (χ3v) is 6.39. The van der Waals surface area contributed by atoms with Crippen LogP contribution in [0.15, 0.2) is 44.7 Å². The molecule has 0 aliphatic carbocycles. The Morgan fingerprint density at radius 2 is 1.90 bits per heavy atom. The van der Waals surface area contributed by atoms with E-state index >= 15 is 0 Å². The number of piperazine rings is 1. The van der Waals surface area contributed by atoms with E-state index in [-0.39, 0.29) is 0 Å². The Hall–Kier alpha value is -0.200. The van der Waals surface area contributed by atoms with Crippen LogP contribution >= 0.6 is 43.2 Å². The van der Waals surface area contributed by atoms with Gasteiger partial charge in [-0.15, -0.1) is 11.3 Å². The summed E-state index contributed by atoms with van der Waals surface area (Å²) in [6, 6.07) is 11.3. The van der Waals surface area contributed by atoms with Crippen LogP contribution in [-0.2, 0) is 0 Å². The van der Waals surface area contributed by atoms with Gasteiger partial charge in [-0.3, -0.25) is 4.90 Å². The lowest BCUT2D eigenvalue weighted by Gasteiger charge is -2.35. The Morgan fingerprint density at radius 3 is 2.55 bits per heavy atom. The summed E-state index contributed by atoms with van der Waals surface area (Å²) >= 11 is 9.02. The fourth-order valence-electron chi connectivity index (χ4n) is 2.62. The quantitative estimate of drug-likeness (QED) is 0.805. The van der Waals surface area contributed by atoms with Gasteiger partial charge in [0.25, 0.3) is 0 Å². The summed E-state index contributed by atoms with van der Waals surface area (Å²) in [6.07, 6.45) is 0. The molecule has 106 valence electrons. The summed E-state index contributed by atoms with van der Waals surface area (Å²) in [7, 11) is 0. The van der Waals surface area contributed by atoms with Crippen molar-refractivity contribution in [2.24, 2.45) is 0 Å². The summed E-state index contributed by atoms with van der Waals surface area (Å²) < 4.78 is 2.22. The predicted molar refractivity (Wildman–Crippen MR) is 92.4 cm³/mol. The minimum Gasteiger partial charge on any atom is -0.314 e. The monoisotopic (exact) mass is 414 g/mol. The topological polar surface area (TPSA) is 15.3 Å². The molecule has 1 aliphatic heterocycles. The second-order valence-corrected chi connectivity index (χ2v) is 7.57. The van der Waals surface area contributed by atoms with Crippen molar-refractivity contribution in [3.63, 3.8) is 0 Å². The molecule has 1 saturated heterocycles. The molecule has 1 N–H and O–H groups in total. The van der Waals surface area contributed by atoms with Crippen LogP contribution in [0.25, 0.3) is 0 Å². The number of nitrogens with one attached hydrogen (secondary N) is 1. The first-order valence-corrected chi connectivity index (χ1v) is 9.15. The van der Waals surface area contributed by atoms with Gasteiger partial charge in [0.2, 0.25) is 0 Å². The van der Waals surface area contributed by atoms with Crippen molar-refractivity contribution in [2.45, 2.75) is 6.04 Å². The second-order valence-electron chi connectivity index (χ2n) is 4.88. The molecule has 1 aromatic carbocycles. The highest BCUT2D eigenvalue weighted by Gasteiger charge is 2.24. The van der Waals surface area contributed by atoms with Crippen LogP contribution in [0, 0.1) is 0 Å². The molecule has 2 aromatic rings. The predicted octanol–water partition coefficient (Wildman–Crippen LogP) is 4.27. The maximum Gasteiger partial charge on any atom is 0.0697 e. The highest BCUT2D eigenvalue weighted by atomic mass is 79.9. The fourth-order valence-corrected chi connectivity index (χ4v) is 4.15. The highest BCUT2D eigenvalue weighted by Crippen LogP contribution is 2.35. The summed E-state index contributed by atoms with van der Waals surface area (Å²) in [5.74, 6) is 0. The van der Waals surface area contributed by atoms with E-state index in [1.54, 1.807) is 0 Å². The Bertz CT molecular complexity index is 565. The van der Waals surface area contributed by atoms with Crippen LogP contribution in [-0.4, -0.2) is 31.1 Å². The maximum atomic E-state index is 3.63. The van der Waals surface area contributed by atoms with Gasteiger partial charge in [-0.2, -0.15) is 0 Å². The standard InChI is InChI=1S/C15H16Br2N2S/c16-12-4-3-11(10-13(12)17)15(14-2-1-9-20-14)19-7-5-18-6-8-19/h1-4,9-10,15,18H,5-8H2/t15-/m0/s1. The van der Waals surface area contributed by atoms with Gasteiger partial charge in [-0.05, 0) is 61.0 Å². The second kappa shape index (κ2) is 6.71. The molecule has 1 aromatic heterocycles. The number of hydrogen-bond acceptors (Lipinski definition) is 3. The van der Waals surface area contributed by atoms with Crippen molar-refractivity contribution < 1.29 is 0 Å². The lowest BCUT2D eigenvalue weighted by atomic mass is 10.0. The zero-order valence-corrected chi connectivity index (χ0v) is 15.0. The normalized spacial score (nSPS) is 18.1. The third kappa shape index (κ3) is 3.17. The summed E-state index contributed by atoms with van der Waals surface area (Å²) in [5.41, 5.74) is 1.35. The maximum absolute atomic E-state index is 3.63. The first-order chi connectivity index (χ1) is 9.75. The highest BCUT2D eigenvalue weighted by molar-refractivity contribution is 9.13. The van der Waals surface area contributed by atoms with Crippen molar-refractivity contribution in [1.82, 2.24) is 10.2 Å². The van der Waals surface area contributed by atoms with E-state index in [1.807, 2.05) is 11.3 Å². The minimum absolute atomic E-state index is 0.362. The Morgan fingerprint density at radius 1 is 1.10 bits per heavy atom. The summed E-state index contributed by atoms with van der Waals surface area (Å²) in [5, 5.41) is 5.60. The molecule has 1 aliphatic rings. The molecule has 0 unspecified atom stereocenters. The van der Waals surface area contributed by atoms with E-state index in [4.69, 9.17) is 0 Å². The molecule has 0 saturated carbocycles. The molecule has 0 spiro atoms. The number of halogens is 2. The van der Waals surface area contributed by atoms with Crippen LogP contribution in [0.4, 0.5) is 0 Å². The Balaban J connectivity index is 1.98. The smallest absolute Gasteiger partial charge is 0.0697 e. The van der Waals surface area contributed by atoms with Crippen LogP contribution < -0.4 is 5.32 Å². The Kier molecular flexibility index (Phi) is 4.94. The minimum atomic E-state index is 0.362. The molecule has 0 radical (unpaired) electrons. The molecule has 1 fully saturated rings. The van der Waals surface area contributed by atoms with Crippen molar-refractivity contribution in [1.29, 1.82) is 0 Å². The summed E-state index contributed by atoms with van der Waals surface area (Å²) in [6.45, 7) is 4.33. The van der Waals surface area contributed by atoms with Gasteiger partial charge in [0, 0.05) is 40.0 Å². The van der Waals surface area contributed by atoms with Gasteiger partial charge in [0.05, 0.1) is 6.04 Å². The third-order valence-electron chi connectivity index (χ3n) is 3.59. The number of nitrogens with zero attached hydrogens (tertiary/aromatic N) is 1. The van der Waals surface area contributed by atoms with Crippen molar-refractivity contribution in [2.75, 3.05) is 26.2 Å². The van der Waals surface area contributed by atoms with E-state index in [9.17, 15) is 0 Å². The van der Waals surface area contributed by atoms with E-state index in [0.29, 0.717) is 6.04 Å². The van der Waals surface area contributed by atoms with E-state index in [1.165, 1.54) is 10.4 Å². The molecule has 1 atom stereocenters. The van der Waals surface area contributed by atoms with Gasteiger partial charge in [-0.1, -0.05) is 12.1 Å².